The third-order valence-electron chi connectivity index (χ3n) is 8.65. The number of imidazole rings is 1. The van der Waals surface area contributed by atoms with Crippen molar-refractivity contribution < 1.29 is 0 Å². The lowest BCUT2D eigenvalue weighted by Gasteiger charge is -2.34. The van der Waals surface area contributed by atoms with Gasteiger partial charge in [0.1, 0.15) is 5.82 Å². The number of fused-ring (bicyclic) bond motifs is 4. The van der Waals surface area contributed by atoms with Gasteiger partial charge in [-0.05, 0) is 81.8 Å². The zero-order valence-corrected chi connectivity index (χ0v) is 22.8. The van der Waals surface area contributed by atoms with Gasteiger partial charge in [0.15, 0.2) is 0 Å². The molecule has 0 atom stereocenters. The van der Waals surface area contributed by atoms with E-state index in [-0.39, 0.29) is 0 Å². The second kappa shape index (κ2) is 9.18. The molecule has 1 aliphatic rings. The number of hydrogen-bond donors (Lipinski definition) is 0. The van der Waals surface area contributed by atoms with Crippen molar-refractivity contribution in [2.24, 2.45) is 0 Å². The van der Waals surface area contributed by atoms with E-state index in [2.05, 4.69) is 157 Å². The fourth-order valence-corrected chi connectivity index (χ4v) is 6.90. The highest BCUT2D eigenvalue weighted by Gasteiger charge is 2.45. The van der Waals surface area contributed by atoms with Crippen molar-refractivity contribution in [3.05, 3.63) is 180 Å². The second-order valence-corrected chi connectivity index (χ2v) is 10.8. The number of para-hydroxylation sites is 2. The van der Waals surface area contributed by atoms with E-state index in [1.54, 1.807) is 0 Å². The molecule has 8 rings (SSSR count). The second-order valence-electron chi connectivity index (χ2n) is 10.8. The number of nitrogens with zero attached hydrogens (tertiary/aromatic N) is 2. The summed E-state index contributed by atoms with van der Waals surface area (Å²) in [6.07, 6.45) is 0. The Balaban J connectivity index is 1.32. The largest absolute Gasteiger partial charge is 0.297 e. The maximum Gasteiger partial charge on any atom is 0.111 e. The summed E-state index contributed by atoms with van der Waals surface area (Å²) in [5.74, 6) is 0.991. The topological polar surface area (TPSA) is 17.8 Å². The minimum atomic E-state index is -0.392. The Hall–Kier alpha value is -5.21. The van der Waals surface area contributed by atoms with Gasteiger partial charge in [0.2, 0.25) is 0 Å². The quantitative estimate of drug-likeness (QED) is 0.224. The van der Waals surface area contributed by atoms with Gasteiger partial charge in [-0.2, -0.15) is 0 Å². The van der Waals surface area contributed by atoms with Crippen molar-refractivity contribution in [2.75, 3.05) is 0 Å². The molecule has 0 fully saturated rings. The van der Waals surface area contributed by atoms with Crippen molar-refractivity contribution >= 4 is 11.0 Å². The molecule has 7 aromatic rings. The van der Waals surface area contributed by atoms with Crippen LogP contribution in [0.25, 0.3) is 39.0 Å². The number of benzene rings is 6. The molecule has 0 amide bonds. The highest BCUT2D eigenvalue weighted by Crippen LogP contribution is 2.56. The van der Waals surface area contributed by atoms with Gasteiger partial charge in [-0.3, -0.25) is 4.57 Å². The molecular formula is C39H28N2. The minimum Gasteiger partial charge on any atom is -0.297 e. The van der Waals surface area contributed by atoms with Crippen LogP contribution in [0.15, 0.2) is 152 Å². The molecule has 41 heavy (non-hydrogen) atoms. The molecule has 0 bridgehead atoms. The Bertz CT molecular complexity index is 1990. The van der Waals surface area contributed by atoms with Gasteiger partial charge in [-0.1, -0.05) is 121 Å². The van der Waals surface area contributed by atoms with Crippen LogP contribution < -0.4 is 0 Å². The van der Waals surface area contributed by atoms with E-state index in [0.29, 0.717) is 0 Å². The first kappa shape index (κ1) is 23.7. The monoisotopic (exact) mass is 524 g/mol. The van der Waals surface area contributed by atoms with E-state index in [1.807, 2.05) is 6.07 Å². The Morgan fingerprint density at radius 1 is 0.512 bits per heavy atom. The first-order valence-corrected chi connectivity index (χ1v) is 14.2. The van der Waals surface area contributed by atoms with Crippen LogP contribution in [0, 0.1) is 6.92 Å². The Kier molecular flexibility index (Phi) is 5.30. The predicted octanol–water partition coefficient (Wildman–Crippen LogP) is 9.36. The third kappa shape index (κ3) is 3.47. The fourth-order valence-electron chi connectivity index (χ4n) is 6.90. The lowest BCUT2D eigenvalue weighted by atomic mass is 9.67. The Morgan fingerprint density at radius 2 is 1.10 bits per heavy atom. The highest BCUT2D eigenvalue weighted by molar-refractivity contribution is 5.88. The molecule has 0 saturated heterocycles. The van der Waals surface area contributed by atoms with E-state index >= 15 is 0 Å². The van der Waals surface area contributed by atoms with E-state index in [9.17, 15) is 0 Å². The molecular weight excluding hydrogens is 496 g/mol. The van der Waals surface area contributed by atoms with Gasteiger partial charge in [-0.15, -0.1) is 0 Å². The van der Waals surface area contributed by atoms with Crippen LogP contribution in [-0.2, 0) is 5.41 Å². The molecule has 0 radical (unpaired) electrons. The third-order valence-corrected chi connectivity index (χ3v) is 8.65. The molecule has 2 heteroatoms. The smallest absolute Gasteiger partial charge is 0.111 e. The normalized spacial score (nSPS) is 13.2. The highest BCUT2D eigenvalue weighted by atomic mass is 15.1. The molecule has 0 unspecified atom stereocenters. The van der Waals surface area contributed by atoms with Crippen LogP contribution in [0.1, 0.15) is 28.1 Å². The number of rotatable bonds is 4. The van der Waals surface area contributed by atoms with Gasteiger partial charge in [0, 0.05) is 5.69 Å². The molecule has 1 aromatic heterocycles. The summed E-state index contributed by atoms with van der Waals surface area (Å²) in [6, 6.07) is 55.1. The molecule has 1 aliphatic carbocycles. The van der Waals surface area contributed by atoms with Crippen LogP contribution >= 0.6 is 0 Å². The van der Waals surface area contributed by atoms with Crippen LogP contribution in [0.2, 0.25) is 0 Å². The summed E-state index contributed by atoms with van der Waals surface area (Å²) >= 11 is 0. The maximum absolute atomic E-state index is 4.77. The SMILES string of the molecule is Cc1nc2ccccc2n1-c1ccc(-c2ccc3c(c2)C(c2ccccc2)(c2ccccc2)c2ccccc2-3)cc1. The van der Waals surface area contributed by atoms with E-state index in [1.165, 1.54) is 44.5 Å². The first-order valence-electron chi connectivity index (χ1n) is 14.2. The van der Waals surface area contributed by atoms with Crippen molar-refractivity contribution in [2.45, 2.75) is 12.3 Å². The molecule has 2 nitrogen and oxygen atoms in total. The summed E-state index contributed by atoms with van der Waals surface area (Å²) in [6.45, 7) is 2.07. The molecule has 6 aromatic carbocycles. The molecule has 1 heterocycles. The van der Waals surface area contributed by atoms with E-state index < -0.39 is 5.41 Å². The summed E-state index contributed by atoms with van der Waals surface area (Å²) < 4.78 is 2.23. The first-order chi connectivity index (χ1) is 20.2. The fraction of sp³-hybridized carbons (Fsp3) is 0.0513. The minimum absolute atomic E-state index is 0.392. The molecule has 0 spiro atoms. The zero-order chi connectivity index (χ0) is 27.4. The lowest BCUT2D eigenvalue weighted by Crippen LogP contribution is -2.28. The van der Waals surface area contributed by atoms with Crippen LogP contribution in [0.3, 0.4) is 0 Å². The summed E-state index contributed by atoms with van der Waals surface area (Å²) in [7, 11) is 0. The van der Waals surface area contributed by atoms with Gasteiger partial charge < -0.3 is 0 Å². The zero-order valence-electron chi connectivity index (χ0n) is 22.8. The Morgan fingerprint density at radius 3 is 1.83 bits per heavy atom. The van der Waals surface area contributed by atoms with Gasteiger partial charge >= 0.3 is 0 Å². The summed E-state index contributed by atoms with van der Waals surface area (Å²) in [4.78, 5) is 4.77. The number of aryl methyl sites for hydroxylation is 1. The van der Waals surface area contributed by atoms with Crippen LogP contribution in [0.4, 0.5) is 0 Å². The molecule has 0 aliphatic heterocycles. The summed E-state index contributed by atoms with van der Waals surface area (Å²) in [5, 5.41) is 0. The van der Waals surface area contributed by atoms with Crippen molar-refractivity contribution in [1.82, 2.24) is 9.55 Å². The Labute approximate surface area is 240 Å². The van der Waals surface area contributed by atoms with Crippen LogP contribution in [0.5, 0.6) is 0 Å². The van der Waals surface area contributed by atoms with Gasteiger partial charge in [-0.25, -0.2) is 4.98 Å². The maximum atomic E-state index is 4.77. The van der Waals surface area contributed by atoms with Crippen molar-refractivity contribution in [3.8, 4) is 27.9 Å². The van der Waals surface area contributed by atoms with E-state index in [0.717, 1.165) is 22.5 Å². The van der Waals surface area contributed by atoms with Crippen molar-refractivity contribution in [1.29, 1.82) is 0 Å². The standard InChI is InChI=1S/C39H28N2/c1-27-40-37-18-10-11-19-38(37)41(27)32-23-20-28(21-24-32)29-22-25-34-33-16-8-9-17-35(33)39(36(34)26-29,30-12-4-2-5-13-30)31-14-6-3-7-15-31/h2-26H,1H3. The predicted molar refractivity (Wildman–Crippen MR) is 169 cm³/mol. The van der Waals surface area contributed by atoms with Crippen molar-refractivity contribution in [3.63, 3.8) is 0 Å². The number of aromatic nitrogens is 2. The number of hydrogen-bond acceptors (Lipinski definition) is 1. The molecule has 194 valence electrons. The van der Waals surface area contributed by atoms with E-state index in [4.69, 9.17) is 4.98 Å². The lowest BCUT2D eigenvalue weighted by molar-refractivity contribution is 0.769. The van der Waals surface area contributed by atoms with Gasteiger partial charge in [0.25, 0.3) is 0 Å². The molecule has 0 saturated carbocycles. The van der Waals surface area contributed by atoms with Crippen LogP contribution in [-0.4, -0.2) is 9.55 Å². The van der Waals surface area contributed by atoms with Gasteiger partial charge in [0.05, 0.1) is 16.4 Å². The average molecular weight is 525 g/mol. The molecule has 0 N–H and O–H groups in total. The summed E-state index contributed by atoms with van der Waals surface area (Å²) in [5.41, 5.74) is 13.1. The average Bonchev–Trinajstić information content (AvgIpc) is 3.53.